The molecule has 3 heterocycles. The molecule has 5 heteroatoms. The van der Waals surface area contributed by atoms with Gasteiger partial charge in [0.25, 0.3) is 0 Å². The normalized spacial score (nSPS) is 27.0. The molecule has 1 N–H and O–H groups in total. The summed E-state index contributed by atoms with van der Waals surface area (Å²) in [5.74, 6) is 0.715. The molecule has 0 saturated carbocycles. The minimum Gasteiger partial charge on any atom is -0.376 e. The fraction of sp³-hybridized carbons (Fsp3) is 0.474. The third-order valence-corrected chi connectivity index (χ3v) is 5.20. The van der Waals surface area contributed by atoms with E-state index in [2.05, 4.69) is 23.2 Å². The Kier molecular flexibility index (Phi) is 3.87. The van der Waals surface area contributed by atoms with Crippen molar-refractivity contribution in [3.63, 3.8) is 0 Å². The summed E-state index contributed by atoms with van der Waals surface area (Å²) in [6.07, 6.45) is 1.33. The lowest BCUT2D eigenvalue weighted by atomic mass is 10.0. The number of hydrogen-bond donors (Lipinski definition) is 1. The van der Waals surface area contributed by atoms with E-state index in [4.69, 9.17) is 9.72 Å². The average molecular weight is 322 g/mol. The minimum absolute atomic E-state index is 0.302. The molecule has 2 aromatic rings. The van der Waals surface area contributed by atoms with Crippen LogP contribution in [0.4, 0.5) is 5.82 Å². The van der Waals surface area contributed by atoms with E-state index in [1.807, 2.05) is 31.2 Å². The molecule has 0 radical (unpaired) electrons. The second kappa shape index (κ2) is 6.04. The van der Waals surface area contributed by atoms with Gasteiger partial charge in [0.2, 0.25) is 0 Å². The fourth-order valence-corrected chi connectivity index (χ4v) is 3.96. The number of nitriles is 1. The van der Waals surface area contributed by atoms with E-state index in [0.717, 1.165) is 42.6 Å². The number of ether oxygens (including phenoxy) is 1. The van der Waals surface area contributed by atoms with Crippen LogP contribution in [0.1, 0.15) is 24.5 Å². The van der Waals surface area contributed by atoms with Crippen molar-refractivity contribution in [2.45, 2.75) is 38.5 Å². The lowest BCUT2D eigenvalue weighted by Gasteiger charge is -2.33. The van der Waals surface area contributed by atoms with Crippen LogP contribution in [0.2, 0.25) is 0 Å². The third kappa shape index (κ3) is 2.62. The van der Waals surface area contributed by atoms with Crippen molar-refractivity contribution < 1.29 is 4.74 Å². The van der Waals surface area contributed by atoms with Gasteiger partial charge in [0.15, 0.2) is 0 Å². The Balaban J connectivity index is 1.62. The average Bonchev–Trinajstić information content (AvgIpc) is 2.96. The van der Waals surface area contributed by atoms with Crippen LogP contribution in [0.5, 0.6) is 0 Å². The van der Waals surface area contributed by atoms with Crippen LogP contribution in [0, 0.1) is 18.3 Å². The number of para-hydroxylation sites is 1. The van der Waals surface area contributed by atoms with Gasteiger partial charge in [-0.15, -0.1) is 0 Å². The molecule has 0 aliphatic carbocycles. The second-order valence-corrected chi connectivity index (χ2v) is 6.92. The molecule has 2 fully saturated rings. The van der Waals surface area contributed by atoms with Gasteiger partial charge in [-0.2, -0.15) is 5.26 Å². The fourth-order valence-electron chi connectivity index (χ4n) is 3.96. The van der Waals surface area contributed by atoms with Gasteiger partial charge < -0.3 is 10.1 Å². The molecule has 0 unspecified atom stereocenters. The predicted octanol–water partition coefficient (Wildman–Crippen LogP) is 2.69. The van der Waals surface area contributed by atoms with Crippen LogP contribution in [0.25, 0.3) is 10.9 Å². The highest BCUT2D eigenvalue weighted by Crippen LogP contribution is 2.29. The maximum absolute atomic E-state index is 9.61. The van der Waals surface area contributed by atoms with Crippen molar-refractivity contribution in [2.24, 2.45) is 0 Å². The topological polar surface area (TPSA) is 61.2 Å². The van der Waals surface area contributed by atoms with Crippen molar-refractivity contribution in [3.8, 4) is 6.07 Å². The summed E-state index contributed by atoms with van der Waals surface area (Å²) < 4.78 is 5.77. The van der Waals surface area contributed by atoms with Crippen molar-refractivity contribution >= 4 is 16.7 Å². The molecule has 3 atom stereocenters. The molecule has 0 spiro atoms. The zero-order chi connectivity index (χ0) is 16.7. The number of aryl methyl sites for hydroxylation is 1. The SMILES string of the molecule is Cc1c(C#N)c(N[C@@H]2C[C@H]3CO[C@@H](C)CN3C2)nc2ccccc12. The number of anilines is 1. The van der Waals surface area contributed by atoms with Crippen molar-refractivity contribution in [3.05, 3.63) is 35.4 Å². The molecule has 1 aromatic heterocycles. The maximum atomic E-state index is 9.61. The van der Waals surface area contributed by atoms with E-state index in [-0.39, 0.29) is 0 Å². The van der Waals surface area contributed by atoms with E-state index >= 15 is 0 Å². The lowest BCUT2D eigenvalue weighted by Crippen LogP contribution is -2.45. The Morgan fingerprint density at radius 2 is 2.17 bits per heavy atom. The van der Waals surface area contributed by atoms with Crippen molar-refractivity contribution in [2.75, 3.05) is 25.0 Å². The van der Waals surface area contributed by atoms with Crippen LogP contribution in [0.15, 0.2) is 24.3 Å². The number of fused-ring (bicyclic) bond motifs is 2. The number of rotatable bonds is 2. The first-order valence-corrected chi connectivity index (χ1v) is 8.57. The number of aromatic nitrogens is 1. The maximum Gasteiger partial charge on any atom is 0.145 e. The minimum atomic E-state index is 0.302. The van der Waals surface area contributed by atoms with E-state index < -0.39 is 0 Å². The molecular weight excluding hydrogens is 300 g/mol. The van der Waals surface area contributed by atoms with Crippen molar-refractivity contribution in [1.29, 1.82) is 5.26 Å². The van der Waals surface area contributed by atoms with E-state index in [1.165, 1.54) is 0 Å². The zero-order valence-electron chi connectivity index (χ0n) is 14.1. The number of hydrogen-bond acceptors (Lipinski definition) is 5. The van der Waals surface area contributed by atoms with Crippen LogP contribution in [0.3, 0.4) is 0 Å². The van der Waals surface area contributed by atoms with Gasteiger partial charge >= 0.3 is 0 Å². The first-order chi connectivity index (χ1) is 11.7. The van der Waals surface area contributed by atoms with Gasteiger partial charge in [0.1, 0.15) is 11.9 Å². The van der Waals surface area contributed by atoms with Crippen LogP contribution < -0.4 is 5.32 Å². The van der Waals surface area contributed by atoms with Crippen LogP contribution in [-0.2, 0) is 4.74 Å². The van der Waals surface area contributed by atoms with Gasteiger partial charge in [-0.1, -0.05) is 18.2 Å². The molecule has 5 nitrogen and oxygen atoms in total. The van der Waals surface area contributed by atoms with Gasteiger partial charge in [-0.25, -0.2) is 4.98 Å². The molecule has 24 heavy (non-hydrogen) atoms. The summed E-state index contributed by atoms with van der Waals surface area (Å²) in [7, 11) is 0. The predicted molar refractivity (Wildman–Crippen MR) is 94.0 cm³/mol. The summed E-state index contributed by atoms with van der Waals surface area (Å²) in [6.45, 7) is 6.89. The number of benzene rings is 1. The Morgan fingerprint density at radius 3 is 3.00 bits per heavy atom. The number of nitrogens with zero attached hydrogens (tertiary/aromatic N) is 3. The Bertz CT molecular complexity index is 813. The number of nitrogens with one attached hydrogen (secondary N) is 1. The lowest BCUT2D eigenvalue weighted by molar-refractivity contribution is -0.0390. The molecule has 2 saturated heterocycles. The first-order valence-electron chi connectivity index (χ1n) is 8.57. The van der Waals surface area contributed by atoms with Crippen LogP contribution in [-0.4, -0.2) is 47.8 Å². The quantitative estimate of drug-likeness (QED) is 0.921. The molecule has 1 aromatic carbocycles. The Morgan fingerprint density at radius 1 is 1.33 bits per heavy atom. The summed E-state index contributed by atoms with van der Waals surface area (Å²) in [4.78, 5) is 7.21. The summed E-state index contributed by atoms with van der Waals surface area (Å²) in [5.41, 5.74) is 2.59. The summed E-state index contributed by atoms with van der Waals surface area (Å²) in [5, 5.41) is 14.2. The highest BCUT2D eigenvalue weighted by atomic mass is 16.5. The van der Waals surface area contributed by atoms with Gasteiger partial charge in [-0.05, 0) is 31.9 Å². The van der Waals surface area contributed by atoms with E-state index in [9.17, 15) is 5.26 Å². The highest BCUT2D eigenvalue weighted by Gasteiger charge is 2.36. The summed E-state index contributed by atoms with van der Waals surface area (Å²) in [6, 6.07) is 11.1. The molecule has 0 amide bonds. The second-order valence-electron chi connectivity index (χ2n) is 6.92. The van der Waals surface area contributed by atoms with Crippen LogP contribution >= 0.6 is 0 Å². The van der Waals surface area contributed by atoms with Gasteiger partial charge in [-0.3, -0.25) is 4.90 Å². The smallest absolute Gasteiger partial charge is 0.145 e. The highest BCUT2D eigenvalue weighted by molar-refractivity contribution is 5.87. The zero-order valence-corrected chi connectivity index (χ0v) is 14.1. The number of morpholine rings is 1. The molecule has 4 rings (SSSR count). The largest absolute Gasteiger partial charge is 0.376 e. The first kappa shape index (κ1) is 15.4. The number of pyridine rings is 1. The molecule has 2 aliphatic rings. The molecular formula is C19H22N4O. The molecule has 2 aliphatic heterocycles. The monoisotopic (exact) mass is 322 g/mol. The van der Waals surface area contributed by atoms with Gasteiger partial charge in [0, 0.05) is 30.6 Å². The van der Waals surface area contributed by atoms with Crippen molar-refractivity contribution in [1.82, 2.24) is 9.88 Å². The summed E-state index contributed by atoms with van der Waals surface area (Å²) >= 11 is 0. The third-order valence-electron chi connectivity index (χ3n) is 5.20. The molecule has 0 bridgehead atoms. The Hall–Kier alpha value is -2.16. The standard InChI is InChI=1S/C19H22N4O/c1-12-9-23-10-14(7-15(23)11-24-12)21-19-17(8-20)13(2)16-5-3-4-6-18(16)22-19/h3-6,12,14-15H,7,9-11H2,1-2H3,(H,21,22)/t12-,14+,15-/m0/s1. The van der Waals surface area contributed by atoms with E-state index in [0.29, 0.717) is 29.6 Å². The van der Waals surface area contributed by atoms with E-state index in [1.54, 1.807) is 0 Å². The van der Waals surface area contributed by atoms with Gasteiger partial charge in [0.05, 0.1) is 23.8 Å². The Labute approximate surface area is 142 Å². The molecule has 124 valence electrons.